The Morgan fingerprint density at radius 2 is 2.00 bits per heavy atom. The number of hydrogen-bond acceptors (Lipinski definition) is 4. The number of amides is 1. The van der Waals surface area contributed by atoms with Gasteiger partial charge in [-0.15, -0.1) is 0 Å². The van der Waals surface area contributed by atoms with E-state index in [1.807, 2.05) is 17.9 Å². The molecular weight excluding hydrogens is 242 g/mol. The zero-order valence-corrected chi connectivity index (χ0v) is 11.8. The van der Waals surface area contributed by atoms with E-state index in [9.17, 15) is 9.90 Å². The third-order valence-corrected chi connectivity index (χ3v) is 3.58. The molecule has 2 heterocycles. The van der Waals surface area contributed by atoms with Crippen molar-refractivity contribution in [2.24, 2.45) is 0 Å². The van der Waals surface area contributed by atoms with Crippen LogP contribution < -0.4 is 4.90 Å². The molecule has 0 radical (unpaired) electrons. The van der Waals surface area contributed by atoms with Crippen LogP contribution in [-0.2, 0) is 4.79 Å². The van der Waals surface area contributed by atoms with Crippen molar-refractivity contribution in [2.75, 3.05) is 31.1 Å². The van der Waals surface area contributed by atoms with Crippen LogP contribution in [0.5, 0.6) is 0 Å². The van der Waals surface area contributed by atoms with Crippen LogP contribution in [0, 0.1) is 6.92 Å². The maximum Gasteiger partial charge on any atom is 0.219 e. The first-order valence-corrected chi connectivity index (χ1v) is 6.64. The molecule has 0 aliphatic carbocycles. The van der Waals surface area contributed by atoms with Crippen LogP contribution in [0.3, 0.4) is 0 Å². The maximum atomic E-state index is 11.3. The van der Waals surface area contributed by atoms with Gasteiger partial charge in [-0.1, -0.05) is 0 Å². The van der Waals surface area contributed by atoms with Crippen molar-refractivity contribution in [3.63, 3.8) is 0 Å². The van der Waals surface area contributed by atoms with Gasteiger partial charge in [0.25, 0.3) is 0 Å². The second-order valence-electron chi connectivity index (χ2n) is 5.08. The molecule has 0 saturated carbocycles. The molecule has 1 aliphatic rings. The van der Waals surface area contributed by atoms with Gasteiger partial charge in [0.05, 0.1) is 6.10 Å². The highest BCUT2D eigenvalue weighted by atomic mass is 16.3. The number of carbonyl (C=O) groups is 1. The van der Waals surface area contributed by atoms with Gasteiger partial charge in [-0.05, 0) is 31.0 Å². The lowest BCUT2D eigenvalue weighted by Crippen LogP contribution is -2.48. The molecule has 5 nitrogen and oxygen atoms in total. The monoisotopic (exact) mass is 263 g/mol. The fraction of sp³-hybridized carbons (Fsp3) is 0.571. The molecule has 104 valence electrons. The Kier molecular flexibility index (Phi) is 4.04. The number of carbonyl (C=O) groups excluding carboxylic acids is 1. The lowest BCUT2D eigenvalue weighted by atomic mass is 10.1. The molecule has 0 aromatic carbocycles. The fourth-order valence-electron chi connectivity index (χ4n) is 2.38. The van der Waals surface area contributed by atoms with E-state index in [4.69, 9.17) is 0 Å². The van der Waals surface area contributed by atoms with Crippen LogP contribution in [0.4, 0.5) is 5.82 Å². The Labute approximate surface area is 113 Å². The summed E-state index contributed by atoms with van der Waals surface area (Å²) in [7, 11) is 0. The van der Waals surface area contributed by atoms with E-state index >= 15 is 0 Å². The number of hydrogen-bond donors (Lipinski definition) is 1. The van der Waals surface area contributed by atoms with E-state index in [-0.39, 0.29) is 5.91 Å². The van der Waals surface area contributed by atoms with E-state index in [0.29, 0.717) is 0 Å². The first kappa shape index (κ1) is 13.8. The topological polar surface area (TPSA) is 56.7 Å². The minimum Gasteiger partial charge on any atom is -0.389 e. The number of aryl methyl sites for hydroxylation is 1. The summed E-state index contributed by atoms with van der Waals surface area (Å²) in [6, 6.07) is 1.98. The van der Waals surface area contributed by atoms with E-state index in [0.717, 1.165) is 43.1 Å². The highest BCUT2D eigenvalue weighted by Gasteiger charge is 2.20. The predicted molar refractivity (Wildman–Crippen MR) is 74.1 cm³/mol. The lowest BCUT2D eigenvalue weighted by molar-refractivity contribution is -0.129. The summed E-state index contributed by atoms with van der Waals surface area (Å²) >= 11 is 0. The normalized spacial score (nSPS) is 17.5. The Balaban J connectivity index is 2.09. The van der Waals surface area contributed by atoms with Gasteiger partial charge in [0.2, 0.25) is 5.91 Å². The average Bonchev–Trinajstić information content (AvgIpc) is 2.38. The highest BCUT2D eigenvalue weighted by molar-refractivity contribution is 5.73. The smallest absolute Gasteiger partial charge is 0.219 e. The quantitative estimate of drug-likeness (QED) is 0.868. The molecule has 1 aromatic rings. The lowest BCUT2D eigenvalue weighted by Gasteiger charge is -2.35. The Bertz CT molecular complexity index is 466. The summed E-state index contributed by atoms with van der Waals surface area (Å²) in [4.78, 5) is 19.8. The average molecular weight is 263 g/mol. The Morgan fingerprint density at radius 3 is 2.47 bits per heavy atom. The number of aliphatic hydroxyl groups is 1. The van der Waals surface area contributed by atoms with Crippen molar-refractivity contribution in [3.05, 3.63) is 23.4 Å². The molecular formula is C14H21N3O2. The molecule has 19 heavy (non-hydrogen) atoms. The summed E-state index contributed by atoms with van der Waals surface area (Å²) in [5, 5.41) is 9.55. The van der Waals surface area contributed by atoms with Crippen molar-refractivity contribution < 1.29 is 9.90 Å². The number of anilines is 1. The van der Waals surface area contributed by atoms with Crippen LogP contribution in [0.15, 0.2) is 12.3 Å². The second-order valence-corrected chi connectivity index (χ2v) is 5.08. The minimum absolute atomic E-state index is 0.133. The second kappa shape index (κ2) is 5.57. The van der Waals surface area contributed by atoms with E-state index < -0.39 is 6.10 Å². The number of aliphatic hydroxyl groups excluding tert-OH is 1. The van der Waals surface area contributed by atoms with Crippen LogP contribution in [0.25, 0.3) is 0 Å². The standard InChI is InChI=1S/C14H21N3O2/c1-10-8-13(11(2)18)9-15-14(10)17-6-4-16(5-7-17)12(3)19/h8-9,11,18H,4-7H2,1-3H3/t11-/m1/s1. The van der Waals surface area contributed by atoms with Crippen molar-refractivity contribution in [2.45, 2.75) is 26.9 Å². The SMILES string of the molecule is CC(=O)N1CCN(c2ncc([C@@H](C)O)cc2C)CC1. The van der Waals surface area contributed by atoms with Gasteiger partial charge in [-0.25, -0.2) is 4.98 Å². The first-order valence-electron chi connectivity index (χ1n) is 6.64. The molecule has 1 atom stereocenters. The molecule has 0 spiro atoms. The Hall–Kier alpha value is -1.62. The predicted octanol–water partition coefficient (Wildman–Crippen LogP) is 1.11. The minimum atomic E-state index is -0.491. The zero-order valence-electron chi connectivity index (χ0n) is 11.8. The summed E-state index contributed by atoms with van der Waals surface area (Å²) in [6.07, 6.45) is 1.24. The fourth-order valence-corrected chi connectivity index (χ4v) is 2.38. The van der Waals surface area contributed by atoms with Gasteiger partial charge in [0.15, 0.2) is 0 Å². The van der Waals surface area contributed by atoms with E-state index in [1.165, 1.54) is 0 Å². The third-order valence-electron chi connectivity index (χ3n) is 3.58. The van der Waals surface area contributed by atoms with Crippen molar-refractivity contribution in [3.8, 4) is 0 Å². The Morgan fingerprint density at radius 1 is 1.37 bits per heavy atom. The van der Waals surface area contributed by atoms with E-state index in [2.05, 4.69) is 9.88 Å². The van der Waals surface area contributed by atoms with Crippen LogP contribution in [0.1, 0.15) is 31.1 Å². The number of pyridine rings is 1. The van der Waals surface area contributed by atoms with Crippen molar-refractivity contribution in [1.82, 2.24) is 9.88 Å². The van der Waals surface area contributed by atoms with E-state index in [1.54, 1.807) is 20.0 Å². The molecule has 5 heteroatoms. The van der Waals surface area contributed by atoms with Crippen LogP contribution >= 0.6 is 0 Å². The molecule has 1 fully saturated rings. The van der Waals surface area contributed by atoms with Crippen LogP contribution in [0.2, 0.25) is 0 Å². The summed E-state index contributed by atoms with van der Waals surface area (Å²) in [5.41, 5.74) is 1.90. The zero-order chi connectivity index (χ0) is 14.0. The number of piperazine rings is 1. The number of rotatable bonds is 2. The highest BCUT2D eigenvalue weighted by Crippen LogP contribution is 2.22. The first-order chi connectivity index (χ1) is 8.99. The molecule has 1 amide bonds. The van der Waals surface area contributed by atoms with Crippen molar-refractivity contribution >= 4 is 11.7 Å². The maximum absolute atomic E-state index is 11.3. The van der Waals surface area contributed by atoms with Crippen LogP contribution in [-0.4, -0.2) is 47.1 Å². The molecule has 1 saturated heterocycles. The summed E-state index contributed by atoms with van der Waals surface area (Å²) in [5.74, 6) is 1.08. The molecule has 1 aliphatic heterocycles. The van der Waals surface area contributed by atoms with Gasteiger partial charge in [0, 0.05) is 39.3 Å². The van der Waals surface area contributed by atoms with Gasteiger partial charge in [-0.3, -0.25) is 4.79 Å². The number of aromatic nitrogens is 1. The molecule has 1 aromatic heterocycles. The molecule has 0 bridgehead atoms. The largest absolute Gasteiger partial charge is 0.389 e. The molecule has 1 N–H and O–H groups in total. The van der Waals surface area contributed by atoms with Gasteiger partial charge in [-0.2, -0.15) is 0 Å². The van der Waals surface area contributed by atoms with Gasteiger partial charge in [0.1, 0.15) is 5.82 Å². The summed E-state index contributed by atoms with van der Waals surface area (Å²) in [6.45, 7) is 8.45. The number of nitrogens with zero attached hydrogens (tertiary/aromatic N) is 3. The van der Waals surface area contributed by atoms with Gasteiger partial charge >= 0.3 is 0 Å². The van der Waals surface area contributed by atoms with Gasteiger partial charge < -0.3 is 14.9 Å². The summed E-state index contributed by atoms with van der Waals surface area (Å²) < 4.78 is 0. The third kappa shape index (κ3) is 3.04. The molecule has 0 unspecified atom stereocenters. The molecule has 2 rings (SSSR count). The van der Waals surface area contributed by atoms with Crippen molar-refractivity contribution in [1.29, 1.82) is 0 Å².